The van der Waals surface area contributed by atoms with E-state index in [2.05, 4.69) is 0 Å². The second-order valence-corrected chi connectivity index (χ2v) is 5.45. The molecular formula is C15H16F3NO2. The number of aromatic nitrogens is 1. The Morgan fingerprint density at radius 3 is 2.38 bits per heavy atom. The van der Waals surface area contributed by atoms with Gasteiger partial charge in [-0.1, -0.05) is 12.1 Å². The van der Waals surface area contributed by atoms with E-state index in [1.165, 1.54) is 30.5 Å². The van der Waals surface area contributed by atoms with Crippen molar-refractivity contribution >= 4 is 16.9 Å². The van der Waals surface area contributed by atoms with Crippen LogP contribution in [0.2, 0.25) is 0 Å². The number of aryl methyl sites for hydroxylation is 1. The molecule has 0 bridgehead atoms. The fraction of sp³-hybridized carbons (Fsp3) is 0.400. The molecule has 0 unspecified atom stereocenters. The van der Waals surface area contributed by atoms with Gasteiger partial charge in [0.15, 0.2) is 0 Å². The summed E-state index contributed by atoms with van der Waals surface area (Å²) in [5.41, 5.74) is -1.60. The normalized spacial score (nSPS) is 12.9. The van der Waals surface area contributed by atoms with Crippen LogP contribution in [0.15, 0.2) is 24.3 Å². The van der Waals surface area contributed by atoms with E-state index in [1.807, 2.05) is 0 Å². The first-order valence-corrected chi connectivity index (χ1v) is 6.54. The third-order valence-corrected chi connectivity index (χ3v) is 3.72. The van der Waals surface area contributed by atoms with Gasteiger partial charge in [0.2, 0.25) is 0 Å². The summed E-state index contributed by atoms with van der Waals surface area (Å²) >= 11 is 0. The van der Waals surface area contributed by atoms with Crippen molar-refractivity contribution in [2.45, 2.75) is 38.9 Å². The maximum Gasteiger partial charge on any atom is 0.418 e. The first-order valence-electron chi connectivity index (χ1n) is 6.54. The van der Waals surface area contributed by atoms with Crippen LogP contribution in [-0.4, -0.2) is 15.6 Å². The van der Waals surface area contributed by atoms with Gasteiger partial charge in [0, 0.05) is 17.6 Å². The fourth-order valence-electron chi connectivity index (χ4n) is 2.51. The summed E-state index contributed by atoms with van der Waals surface area (Å²) < 4.78 is 40.9. The molecule has 0 saturated heterocycles. The molecule has 0 aliphatic rings. The smallest absolute Gasteiger partial charge is 0.418 e. The van der Waals surface area contributed by atoms with Crippen LogP contribution < -0.4 is 0 Å². The van der Waals surface area contributed by atoms with Crippen molar-refractivity contribution in [3.05, 3.63) is 35.5 Å². The fourth-order valence-corrected chi connectivity index (χ4v) is 2.51. The average Bonchev–Trinajstić information content (AvgIpc) is 2.75. The minimum atomic E-state index is -4.48. The first kappa shape index (κ1) is 15.4. The van der Waals surface area contributed by atoms with Crippen LogP contribution in [0, 0.1) is 0 Å². The van der Waals surface area contributed by atoms with E-state index in [9.17, 15) is 23.1 Å². The van der Waals surface area contributed by atoms with Gasteiger partial charge >= 0.3 is 12.1 Å². The quantitative estimate of drug-likeness (QED) is 0.929. The molecule has 114 valence electrons. The number of hydrogen-bond donors (Lipinski definition) is 1. The molecule has 1 aromatic heterocycles. The van der Waals surface area contributed by atoms with E-state index >= 15 is 0 Å². The Bertz CT molecular complexity index is 699. The topological polar surface area (TPSA) is 42.2 Å². The van der Waals surface area contributed by atoms with E-state index in [0.29, 0.717) is 11.1 Å². The monoisotopic (exact) mass is 299 g/mol. The van der Waals surface area contributed by atoms with Gasteiger partial charge in [-0.05, 0) is 32.9 Å². The van der Waals surface area contributed by atoms with Gasteiger partial charge in [0.05, 0.1) is 11.1 Å². The molecule has 0 aliphatic carbocycles. The molecule has 1 N–H and O–H groups in total. The SMILES string of the molecule is CCn1c(C(C)(C)C(=O)O)cc2cccc(C(F)(F)F)c21. The van der Waals surface area contributed by atoms with E-state index in [4.69, 9.17) is 0 Å². The van der Waals surface area contributed by atoms with Crippen molar-refractivity contribution in [1.82, 2.24) is 4.57 Å². The molecule has 0 radical (unpaired) electrons. The average molecular weight is 299 g/mol. The van der Waals surface area contributed by atoms with Gasteiger partial charge in [0.1, 0.15) is 5.41 Å². The third kappa shape index (κ3) is 2.39. The molecule has 2 aromatic rings. The minimum Gasteiger partial charge on any atom is -0.481 e. The zero-order chi connectivity index (χ0) is 16.0. The van der Waals surface area contributed by atoms with Gasteiger partial charge in [0.25, 0.3) is 0 Å². The van der Waals surface area contributed by atoms with Crippen molar-refractivity contribution in [1.29, 1.82) is 0 Å². The van der Waals surface area contributed by atoms with Crippen molar-refractivity contribution in [3.63, 3.8) is 0 Å². The van der Waals surface area contributed by atoms with E-state index in [-0.39, 0.29) is 12.1 Å². The molecule has 0 atom stereocenters. The molecule has 6 heteroatoms. The standard InChI is InChI=1S/C15H16F3NO2/c1-4-19-11(14(2,3)13(20)21)8-9-6-5-7-10(12(9)19)15(16,17)18/h5-8H,4H2,1-3H3,(H,20,21). The lowest BCUT2D eigenvalue weighted by Gasteiger charge is -2.22. The zero-order valence-corrected chi connectivity index (χ0v) is 12.0. The molecule has 0 spiro atoms. The summed E-state index contributed by atoms with van der Waals surface area (Å²) in [6.07, 6.45) is -4.48. The molecule has 0 fully saturated rings. The molecule has 1 heterocycles. The Labute approximate surface area is 120 Å². The second kappa shape index (κ2) is 4.79. The lowest BCUT2D eigenvalue weighted by molar-refractivity contribution is -0.142. The number of alkyl halides is 3. The highest BCUT2D eigenvalue weighted by molar-refractivity contribution is 5.88. The van der Waals surface area contributed by atoms with Crippen LogP contribution in [0.4, 0.5) is 13.2 Å². The highest BCUT2D eigenvalue weighted by atomic mass is 19.4. The van der Waals surface area contributed by atoms with Gasteiger partial charge < -0.3 is 9.67 Å². The van der Waals surface area contributed by atoms with Crippen molar-refractivity contribution in [2.24, 2.45) is 0 Å². The zero-order valence-electron chi connectivity index (χ0n) is 12.0. The lowest BCUT2D eigenvalue weighted by atomic mass is 9.89. The number of aliphatic carboxylic acids is 1. The second-order valence-electron chi connectivity index (χ2n) is 5.45. The Morgan fingerprint density at radius 2 is 1.90 bits per heavy atom. The highest BCUT2D eigenvalue weighted by Gasteiger charge is 2.37. The number of para-hydroxylation sites is 1. The summed E-state index contributed by atoms with van der Waals surface area (Å²) in [4.78, 5) is 11.4. The molecule has 21 heavy (non-hydrogen) atoms. The predicted molar refractivity (Wildman–Crippen MR) is 73.3 cm³/mol. The Hall–Kier alpha value is -1.98. The number of rotatable bonds is 3. The molecular weight excluding hydrogens is 283 g/mol. The number of benzene rings is 1. The van der Waals surface area contributed by atoms with Gasteiger partial charge in [-0.2, -0.15) is 13.2 Å². The van der Waals surface area contributed by atoms with Crippen LogP contribution in [-0.2, 0) is 22.9 Å². The van der Waals surface area contributed by atoms with Crippen LogP contribution in [0.5, 0.6) is 0 Å². The molecule has 3 nitrogen and oxygen atoms in total. The summed E-state index contributed by atoms with van der Waals surface area (Å²) in [6, 6.07) is 5.45. The van der Waals surface area contributed by atoms with Crippen molar-refractivity contribution in [2.75, 3.05) is 0 Å². The number of nitrogens with zero attached hydrogens (tertiary/aromatic N) is 1. The number of fused-ring (bicyclic) bond motifs is 1. The van der Waals surface area contributed by atoms with Crippen LogP contribution in [0.3, 0.4) is 0 Å². The minimum absolute atomic E-state index is 0.0387. The first-order chi connectivity index (χ1) is 9.60. The van der Waals surface area contributed by atoms with E-state index in [1.54, 1.807) is 13.0 Å². The highest BCUT2D eigenvalue weighted by Crippen LogP contribution is 2.38. The van der Waals surface area contributed by atoms with Crippen LogP contribution in [0.25, 0.3) is 10.9 Å². The Kier molecular flexibility index (Phi) is 3.51. The Morgan fingerprint density at radius 1 is 1.29 bits per heavy atom. The number of carbonyl (C=O) groups is 1. The summed E-state index contributed by atoms with van der Waals surface area (Å²) in [6.45, 7) is 4.95. The summed E-state index contributed by atoms with van der Waals surface area (Å²) in [7, 11) is 0. The maximum atomic E-state index is 13.2. The Balaban J connectivity index is 2.87. The number of carboxylic acids is 1. The predicted octanol–water partition coefficient (Wildman–Crippen LogP) is 4.04. The molecule has 0 aliphatic heterocycles. The lowest BCUT2D eigenvalue weighted by Crippen LogP contribution is -2.31. The summed E-state index contributed by atoms with van der Waals surface area (Å²) in [5, 5.41) is 9.73. The largest absolute Gasteiger partial charge is 0.481 e. The van der Waals surface area contributed by atoms with Gasteiger partial charge in [-0.15, -0.1) is 0 Å². The van der Waals surface area contributed by atoms with Gasteiger partial charge in [-0.25, -0.2) is 0 Å². The number of halogens is 3. The van der Waals surface area contributed by atoms with E-state index in [0.717, 1.165) is 6.07 Å². The van der Waals surface area contributed by atoms with Crippen LogP contribution in [0.1, 0.15) is 32.0 Å². The van der Waals surface area contributed by atoms with Crippen LogP contribution >= 0.6 is 0 Å². The molecule has 0 amide bonds. The van der Waals surface area contributed by atoms with Gasteiger partial charge in [-0.3, -0.25) is 4.79 Å². The molecule has 2 rings (SSSR count). The summed E-state index contributed by atoms with van der Waals surface area (Å²) in [5.74, 6) is -1.08. The molecule has 1 aromatic carbocycles. The maximum absolute atomic E-state index is 13.2. The molecule has 0 saturated carbocycles. The number of hydrogen-bond acceptors (Lipinski definition) is 1. The van der Waals surface area contributed by atoms with E-state index < -0.39 is 23.1 Å². The third-order valence-electron chi connectivity index (χ3n) is 3.72. The van der Waals surface area contributed by atoms with Crippen molar-refractivity contribution in [3.8, 4) is 0 Å². The van der Waals surface area contributed by atoms with Crippen molar-refractivity contribution < 1.29 is 23.1 Å². The number of carboxylic acid groups (broad SMARTS) is 1.